The zero-order chi connectivity index (χ0) is 23.3. The zero-order valence-electron chi connectivity index (χ0n) is 20.0. The van der Waals surface area contributed by atoms with Crippen LogP contribution in [0.5, 0.6) is 0 Å². The minimum Gasteiger partial charge on any atom is -0.307 e. The Hall–Kier alpha value is -2.83. The van der Waals surface area contributed by atoms with Crippen molar-refractivity contribution in [2.75, 3.05) is 28.2 Å². The molecule has 0 amide bonds. The molecule has 1 radical (unpaired) electrons. The molecule has 5 nitrogen and oxygen atoms in total. The van der Waals surface area contributed by atoms with Crippen LogP contribution in [0.2, 0.25) is 0 Å². The molecule has 0 bridgehead atoms. The SMILES string of the molecule is CN(C)Cc1[c-]cccc1.CN(C)Cc1ccccn1.[V].c1ccncc1.c1ccncc1. The first-order valence-electron chi connectivity index (χ1n) is 10.4. The second kappa shape index (κ2) is 21.0. The smallest absolute Gasteiger partial charge is 0.0543 e. The van der Waals surface area contributed by atoms with E-state index in [1.54, 1.807) is 24.8 Å². The Labute approximate surface area is 211 Å². The topological polar surface area (TPSA) is 45.2 Å². The van der Waals surface area contributed by atoms with Crippen molar-refractivity contribution in [3.8, 4) is 0 Å². The number of nitrogens with zero attached hydrogens (tertiary/aromatic N) is 5. The maximum Gasteiger partial charge on any atom is 0.0543 e. The molecule has 0 N–H and O–H groups in total. The summed E-state index contributed by atoms with van der Waals surface area (Å²) in [4.78, 5) is 16.0. The third-order valence-corrected chi connectivity index (χ3v) is 3.60. The Morgan fingerprint density at radius 1 is 0.606 bits per heavy atom. The summed E-state index contributed by atoms with van der Waals surface area (Å²) < 4.78 is 0. The van der Waals surface area contributed by atoms with Gasteiger partial charge in [0.1, 0.15) is 0 Å². The van der Waals surface area contributed by atoms with E-state index < -0.39 is 0 Å². The fraction of sp³-hybridized carbons (Fsp3) is 0.222. The molecular formula is C27H34N5V-. The first kappa shape index (κ1) is 30.2. The van der Waals surface area contributed by atoms with Crippen molar-refractivity contribution in [1.82, 2.24) is 24.8 Å². The van der Waals surface area contributed by atoms with Crippen LogP contribution < -0.4 is 0 Å². The van der Waals surface area contributed by atoms with E-state index in [1.807, 2.05) is 93.1 Å². The zero-order valence-corrected chi connectivity index (χ0v) is 21.4. The molecule has 173 valence electrons. The third kappa shape index (κ3) is 19.6. The number of rotatable bonds is 4. The van der Waals surface area contributed by atoms with Crippen LogP contribution in [0.15, 0.2) is 110 Å². The van der Waals surface area contributed by atoms with Crippen LogP contribution >= 0.6 is 0 Å². The van der Waals surface area contributed by atoms with Crippen molar-refractivity contribution in [3.63, 3.8) is 0 Å². The second-order valence-electron chi connectivity index (χ2n) is 7.23. The van der Waals surface area contributed by atoms with Crippen LogP contribution in [0, 0.1) is 6.07 Å². The van der Waals surface area contributed by atoms with Gasteiger partial charge in [0.05, 0.1) is 5.69 Å². The predicted molar refractivity (Wildman–Crippen MR) is 133 cm³/mol. The number of hydrogen-bond acceptors (Lipinski definition) is 5. The van der Waals surface area contributed by atoms with E-state index in [0.717, 1.165) is 18.8 Å². The Bertz CT molecular complexity index is 747. The second-order valence-corrected chi connectivity index (χ2v) is 7.23. The summed E-state index contributed by atoms with van der Waals surface area (Å²) in [5.74, 6) is 0. The van der Waals surface area contributed by atoms with E-state index in [0.29, 0.717) is 0 Å². The van der Waals surface area contributed by atoms with Crippen molar-refractivity contribution in [1.29, 1.82) is 0 Å². The normalized spacial score (nSPS) is 9.15. The molecule has 4 rings (SSSR count). The number of hydrogen-bond donors (Lipinski definition) is 0. The number of aromatic nitrogens is 3. The molecule has 0 fully saturated rings. The summed E-state index contributed by atoms with van der Waals surface area (Å²) >= 11 is 0. The van der Waals surface area contributed by atoms with E-state index in [-0.39, 0.29) is 18.6 Å². The molecular weight excluding hydrogens is 445 g/mol. The van der Waals surface area contributed by atoms with Crippen LogP contribution in [0.3, 0.4) is 0 Å². The molecule has 4 aromatic rings. The molecule has 0 spiro atoms. The standard InChI is InChI=1S/C9H12N.C8H12N2.2C5H5N.V/c1-10(2)8-9-6-4-3-5-7-9;1-10(2)7-8-5-3-4-6-9-8;2*1-2-4-6-5-3-1;/h3-6H,8H2,1-2H3;3-6H,7H2,1-2H3;2*1-5H;/q-1;;;;. The molecule has 1 aromatic carbocycles. The van der Waals surface area contributed by atoms with Gasteiger partial charge in [-0.25, -0.2) is 0 Å². The van der Waals surface area contributed by atoms with Gasteiger partial charge in [-0.05, 0) is 64.6 Å². The minimum absolute atomic E-state index is 0. The molecule has 0 saturated heterocycles. The Balaban J connectivity index is 0.000000420. The Kier molecular flexibility index (Phi) is 19.2. The molecule has 3 aromatic heterocycles. The minimum atomic E-state index is 0. The molecule has 0 aliphatic carbocycles. The average Bonchev–Trinajstić information content (AvgIpc) is 2.83. The third-order valence-electron chi connectivity index (χ3n) is 3.60. The van der Waals surface area contributed by atoms with Gasteiger partial charge in [-0.2, -0.15) is 30.3 Å². The van der Waals surface area contributed by atoms with Gasteiger partial charge in [0, 0.05) is 62.6 Å². The summed E-state index contributed by atoms with van der Waals surface area (Å²) in [6, 6.07) is 28.6. The van der Waals surface area contributed by atoms with Crippen molar-refractivity contribution < 1.29 is 18.6 Å². The molecule has 33 heavy (non-hydrogen) atoms. The Morgan fingerprint density at radius 2 is 1.12 bits per heavy atom. The van der Waals surface area contributed by atoms with Crippen molar-refractivity contribution in [2.45, 2.75) is 13.1 Å². The quantitative estimate of drug-likeness (QED) is 0.392. The van der Waals surface area contributed by atoms with Gasteiger partial charge < -0.3 is 9.80 Å². The fourth-order valence-electron chi connectivity index (χ4n) is 2.31. The van der Waals surface area contributed by atoms with Gasteiger partial charge in [-0.3, -0.25) is 15.0 Å². The molecule has 0 saturated carbocycles. The van der Waals surface area contributed by atoms with Gasteiger partial charge in [0.15, 0.2) is 0 Å². The van der Waals surface area contributed by atoms with E-state index >= 15 is 0 Å². The monoisotopic (exact) mass is 479 g/mol. The molecule has 6 heteroatoms. The van der Waals surface area contributed by atoms with Crippen LogP contribution in [0.4, 0.5) is 0 Å². The van der Waals surface area contributed by atoms with Gasteiger partial charge in [-0.15, -0.1) is 5.56 Å². The predicted octanol–water partition coefficient (Wildman–Crippen LogP) is 4.85. The van der Waals surface area contributed by atoms with E-state index in [9.17, 15) is 0 Å². The van der Waals surface area contributed by atoms with Crippen LogP contribution in [-0.4, -0.2) is 52.9 Å². The van der Waals surface area contributed by atoms with Crippen LogP contribution in [0.1, 0.15) is 11.3 Å². The largest absolute Gasteiger partial charge is 0.307 e. The van der Waals surface area contributed by atoms with Crippen molar-refractivity contribution >= 4 is 0 Å². The Morgan fingerprint density at radius 3 is 1.45 bits per heavy atom. The molecule has 0 aliphatic rings. The summed E-state index contributed by atoms with van der Waals surface area (Å²) in [6.45, 7) is 1.89. The van der Waals surface area contributed by atoms with Crippen molar-refractivity contribution in [3.05, 3.63) is 127 Å². The van der Waals surface area contributed by atoms with E-state index in [4.69, 9.17) is 0 Å². The molecule has 0 aliphatic heterocycles. The van der Waals surface area contributed by atoms with Crippen LogP contribution in [0.25, 0.3) is 0 Å². The number of benzene rings is 1. The van der Waals surface area contributed by atoms with Gasteiger partial charge in [-0.1, -0.05) is 18.2 Å². The fourth-order valence-corrected chi connectivity index (χ4v) is 2.31. The summed E-state index contributed by atoms with van der Waals surface area (Å²) in [5.41, 5.74) is 2.36. The number of pyridine rings is 3. The van der Waals surface area contributed by atoms with Crippen molar-refractivity contribution in [2.24, 2.45) is 0 Å². The summed E-state index contributed by atoms with van der Waals surface area (Å²) in [7, 11) is 8.19. The molecule has 0 atom stereocenters. The first-order chi connectivity index (χ1) is 15.6. The van der Waals surface area contributed by atoms with Gasteiger partial charge in [0.25, 0.3) is 0 Å². The first-order valence-corrected chi connectivity index (χ1v) is 10.4. The van der Waals surface area contributed by atoms with E-state index in [1.165, 1.54) is 5.56 Å². The summed E-state index contributed by atoms with van der Waals surface area (Å²) in [5, 5.41) is 0. The van der Waals surface area contributed by atoms with Gasteiger partial charge >= 0.3 is 0 Å². The molecule has 0 unspecified atom stereocenters. The molecule has 3 heterocycles. The maximum atomic E-state index is 4.18. The van der Waals surface area contributed by atoms with E-state index in [2.05, 4.69) is 51.0 Å². The summed E-state index contributed by atoms with van der Waals surface area (Å²) in [6.07, 6.45) is 8.82. The maximum absolute atomic E-state index is 4.18. The van der Waals surface area contributed by atoms with Crippen LogP contribution in [-0.2, 0) is 31.6 Å². The average molecular weight is 480 g/mol. The van der Waals surface area contributed by atoms with Gasteiger partial charge in [0.2, 0.25) is 0 Å².